The average molecular weight is 500 g/mol. The zero-order valence-electron chi connectivity index (χ0n) is 22.0. The molecule has 8 heteroatoms. The number of quaternary nitrogens is 1. The van der Waals surface area contributed by atoms with E-state index in [9.17, 15) is 23.9 Å². The monoisotopic (exact) mass is 499 g/mol. The smallest absolute Gasteiger partial charge is 0.489 e. The summed E-state index contributed by atoms with van der Waals surface area (Å²) in [6.45, 7) is 11.3. The highest BCUT2D eigenvalue weighted by molar-refractivity contribution is 5.91. The van der Waals surface area contributed by atoms with Gasteiger partial charge in [0, 0.05) is 18.9 Å². The van der Waals surface area contributed by atoms with E-state index in [2.05, 4.69) is 0 Å². The normalized spacial score (nSPS) is 22.6. The fourth-order valence-corrected chi connectivity index (χ4v) is 5.71. The molecule has 194 valence electrons. The molecule has 1 aliphatic heterocycles. The lowest BCUT2D eigenvalue weighted by molar-refractivity contribution is -0.944. The molecular weight excluding hydrogens is 463 g/mol. The molecule has 0 aliphatic carbocycles. The van der Waals surface area contributed by atoms with Crippen LogP contribution in [0.2, 0.25) is 0 Å². The van der Waals surface area contributed by atoms with Gasteiger partial charge in [-0.15, -0.1) is 0 Å². The molecule has 2 amide bonds. The van der Waals surface area contributed by atoms with Crippen molar-refractivity contribution in [2.45, 2.75) is 72.3 Å². The van der Waals surface area contributed by atoms with Crippen LogP contribution in [0.25, 0.3) is 0 Å². The van der Waals surface area contributed by atoms with Crippen LogP contribution < -0.4 is 4.74 Å². The van der Waals surface area contributed by atoms with Crippen LogP contribution in [0.1, 0.15) is 63.0 Å². The lowest BCUT2D eigenvalue weighted by atomic mass is 9.84. The third-order valence-electron chi connectivity index (χ3n) is 7.03. The van der Waals surface area contributed by atoms with E-state index < -0.39 is 39.8 Å². The molecule has 0 spiro atoms. The minimum absolute atomic E-state index is 0.108. The van der Waals surface area contributed by atoms with Crippen molar-refractivity contribution in [3.8, 4) is 5.75 Å². The van der Waals surface area contributed by atoms with E-state index in [1.807, 2.05) is 51.1 Å². The number of carbonyl (C=O) groups is 3. The molecule has 1 N–H and O–H groups in total. The molecule has 1 heterocycles. The first kappa shape index (κ1) is 27.3. The number of hydrogen-bond acceptors (Lipinski definition) is 4. The zero-order valence-corrected chi connectivity index (χ0v) is 22.0. The summed E-state index contributed by atoms with van der Waals surface area (Å²) >= 11 is 0. The topological polar surface area (TPSA) is 83.9 Å². The lowest BCUT2D eigenvalue weighted by Crippen LogP contribution is -2.73. The Kier molecular flexibility index (Phi) is 7.33. The van der Waals surface area contributed by atoms with E-state index in [4.69, 9.17) is 4.74 Å². The first-order chi connectivity index (χ1) is 16.6. The Morgan fingerprint density at radius 2 is 1.67 bits per heavy atom. The summed E-state index contributed by atoms with van der Waals surface area (Å²) in [7, 11) is 1.61. The van der Waals surface area contributed by atoms with Crippen molar-refractivity contribution in [1.82, 2.24) is 4.90 Å². The minimum atomic E-state index is -1.66. The Bertz CT molecular complexity index is 1150. The highest BCUT2D eigenvalue weighted by atomic mass is 19.1. The fraction of sp³-hybridized carbons (Fsp3) is 0.464. The maximum absolute atomic E-state index is 14.2. The Morgan fingerprint density at radius 3 is 2.17 bits per heavy atom. The Hall–Kier alpha value is -3.26. The van der Waals surface area contributed by atoms with E-state index in [-0.39, 0.29) is 30.1 Å². The summed E-state index contributed by atoms with van der Waals surface area (Å²) in [5, 5.41) is 10.7. The minimum Gasteiger partial charge on any atom is -0.489 e. The molecule has 2 aromatic carbocycles. The van der Waals surface area contributed by atoms with Crippen molar-refractivity contribution < 1.29 is 33.1 Å². The SMILES string of the molecule is CN1C(=O)C(Cc2ccc(OCc3ccccc3)cc2C(=O)F)[N+](C(=O)O)(C(C)(C)C)C1C(C)(C)C. The van der Waals surface area contributed by atoms with E-state index in [0.29, 0.717) is 5.75 Å². The Balaban J connectivity index is 2.05. The first-order valence-electron chi connectivity index (χ1n) is 12.0. The maximum atomic E-state index is 14.2. The molecule has 0 saturated carbocycles. The van der Waals surface area contributed by atoms with Crippen LogP contribution >= 0.6 is 0 Å². The molecule has 36 heavy (non-hydrogen) atoms. The van der Waals surface area contributed by atoms with Gasteiger partial charge >= 0.3 is 12.1 Å². The summed E-state index contributed by atoms with van der Waals surface area (Å²) in [5.74, 6) is -0.0465. The number of likely N-dealkylation sites (N-methyl/N-ethyl adjacent to an activating group) is 1. The van der Waals surface area contributed by atoms with Crippen molar-refractivity contribution in [2.75, 3.05) is 7.05 Å². The van der Waals surface area contributed by atoms with Gasteiger partial charge in [0.2, 0.25) is 0 Å². The molecule has 0 aromatic heterocycles. The van der Waals surface area contributed by atoms with Gasteiger partial charge in [-0.1, -0.05) is 57.2 Å². The van der Waals surface area contributed by atoms with Gasteiger partial charge in [-0.05, 0) is 44.0 Å². The van der Waals surface area contributed by atoms with Gasteiger partial charge in [0.1, 0.15) is 17.9 Å². The van der Waals surface area contributed by atoms with Crippen LogP contribution in [0.5, 0.6) is 5.75 Å². The van der Waals surface area contributed by atoms with Gasteiger partial charge < -0.3 is 9.84 Å². The summed E-state index contributed by atoms with van der Waals surface area (Å²) in [6, 6.07) is 11.2. The highest BCUT2D eigenvalue weighted by Crippen LogP contribution is 2.47. The molecule has 1 aliphatic rings. The second-order valence-electron chi connectivity index (χ2n) is 11.5. The largest absolute Gasteiger partial charge is 0.516 e. The molecule has 3 unspecified atom stereocenters. The maximum Gasteiger partial charge on any atom is 0.516 e. The highest BCUT2D eigenvalue weighted by Gasteiger charge is 2.70. The second-order valence-corrected chi connectivity index (χ2v) is 11.5. The molecule has 2 aromatic rings. The third-order valence-corrected chi connectivity index (χ3v) is 7.03. The first-order valence-corrected chi connectivity index (χ1v) is 12.0. The molecular formula is C28H36FN2O5+. The van der Waals surface area contributed by atoms with Crippen LogP contribution in [0.15, 0.2) is 48.5 Å². The van der Waals surface area contributed by atoms with Crippen LogP contribution in [-0.2, 0) is 17.8 Å². The third kappa shape index (κ3) is 4.74. The number of carboxylic acid groups (broad SMARTS) is 1. The molecule has 1 saturated heterocycles. The number of hydrogen-bond donors (Lipinski definition) is 1. The number of benzene rings is 2. The van der Waals surface area contributed by atoms with Crippen molar-refractivity contribution >= 4 is 18.0 Å². The molecule has 7 nitrogen and oxygen atoms in total. The van der Waals surface area contributed by atoms with Gasteiger partial charge in [-0.25, -0.2) is 0 Å². The predicted molar refractivity (Wildman–Crippen MR) is 134 cm³/mol. The summed E-state index contributed by atoms with van der Waals surface area (Å²) in [5.41, 5.74) is -0.501. The number of nitrogens with zero attached hydrogens (tertiary/aromatic N) is 2. The summed E-state index contributed by atoms with van der Waals surface area (Å²) in [4.78, 5) is 40.1. The van der Waals surface area contributed by atoms with Gasteiger partial charge in [0.25, 0.3) is 5.91 Å². The zero-order chi connectivity index (χ0) is 27.1. The van der Waals surface area contributed by atoms with E-state index in [1.165, 1.54) is 11.0 Å². The number of ether oxygens (including phenoxy) is 1. The molecule has 3 atom stereocenters. The quantitative estimate of drug-likeness (QED) is 0.424. The van der Waals surface area contributed by atoms with Gasteiger partial charge in [0.15, 0.2) is 12.2 Å². The van der Waals surface area contributed by atoms with Crippen LogP contribution in [-0.4, -0.2) is 57.3 Å². The molecule has 3 rings (SSSR count). The number of rotatable bonds is 6. The number of halogens is 1. The van der Waals surface area contributed by atoms with Crippen molar-refractivity contribution in [2.24, 2.45) is 5.41 Å². The number of carbonyl (C=O) groups excluding carboxylic acids is 2. The fourth-order valence-electron chi connectivity index (χ4n) is 5.71. The van der Waals surface area contributed by atoms with E-state index >= 15 is 0 Å². The number of amides is 2. The van der Waals surface area contributed by atoms with Crippen LogP contribution in [0.4, 0.5) is 9.18 Å². The van der Waals surface area contributed by atoms with Crippen molar-refractivity contribution in [3.05, 3.63) is 65.2 Å². The Labute approximate surface area is 212 Å². The summed E-state index contributed by atoms with van der Waals surface area (Å²) < 4.78 is 19.4. The molecule has 1 fully saturated rings. The molecule has 0 bridgehead atoms. The van der Waals surface area contributed by atoms with E-state index in [1.54, 1.807) is 40.0 Å². The summed E-state index contributed by atoms with van der Waals surface area (Å²) in [6.07, 6.45) is -1.92. The second kappa shape index (κ2) is 9.65. The lowest BCUT2D eigenvalue weighted by Gasteiger charge is -2.51. The van der Waals surface area contributed by atoms with Crippen molar-refractivity contribution in [1.29, 1.82) is 0 Å². The van der Waals surface area contributed by atoms with Crippen LogP contribution in [0, 0.1) is 5.41 Å². The van der Waals surface area contributed by atoms with Gasteiger partial charge in [-0.3, -0.25) is 14.5 Å². The van der Waals surface area contributed by atoms with Gasteiger partial charge in [0.05, 0.1) is 5.56 Å². The Morgan fingerprint density at radius 1 is 1.06 bits per heavy atom. The van der Waals surface area contributed by atoms with Crippen LogP contribution in [0.3, 0.4) is 0 Å². The van der Waals surface area contributed by atoms with E-state index in [0.717, 1.165) is 5.56 Å². The van der Waals surface area contributed by atoms with Crippen molar-refractivity contribution in [3.63, 3.8) is 0 Å². The average Bonchev–Trinajstić information content (AvgIpc) is 3.01. The molecule has 0 radical (unpaired) electrons. The van der Waals surface area contributed by atoms with Gasteiger partial charge in [-0.2, -0.15) is 13.7 Å². The predicted octanol–water partition coefficient (Wildman–Crippen LogP) is 5.42. The standard InChI is InChI=1S/C28H35FN2O5/c1-27(2,3)25-30(7)24(33)22(31(25,26(34)35)28(4,5)6)15-19-13-14-20(16-21(19)23(29)32)36-17-18-11-9-8-10-12-18/h8-14,16,22,25H,15,17H2,1-7H3/p+1.